The second-order valence-corrected chi connectivity index (χ2v) is 4.27. The van der Waals surface area contributed by atoms with Gasteiger partial charge in [0.25, 0.3) is 0 Å². The second kappa shape index (κ2) is 3.66. The third-order valence-electron chi connectivity index (χ3n) is 3.14. The van der Waals surface area contributed by atoms with Gasteiger partial charge in [-0.1, -0.05) is 0 Å². The zero-order chi connectivity index (χ0) is 10.9. The predicted octanol–water partition coefficient (Wildman–Crippen LogP) is 0.465. The molecular formula is C10H15N3O2. The number of aryl methyl sites for hydroxylation is 1. The molecule has 1 heterocycles. The molecule has 0 bridgehead atoms. The number of hydrogen-bond acceptors (Lipinski definition) is 3. The Labute approximate surface area is 87.9 Å². The highest BCUT2D eigenvalue weighted by Gasteiger charge is 2.48. The minimum Gasteiger partial charge on any atom is -0.481 e. The van der Waals surface area contributed by atoms with Crippen molar-refractivity contribution >= 4 is 5.97 Å². The molecule has 15 heavy (non-hydrogen) atoms. The fourth-order valence-electron chi connectivity index (χ4n) is 2.19. The molecule has 1 aromatic rings. The number of nitrogens with zero attached hydrogens (tertiary/aromatic N) is 2. The van der Waals surface area contributed by atoms with E-state index in [9.17, 15) is 4.79 Å². The van der Waals surface area contributed by atoms with Gasteiger partial charge in [0.05, 0.1) is 5.41 Å². The van der Waals surface area contributed by atoms with Gasteiger partial charge in [0.2, 0.25) is 0 Å². The summed E-state index contributed by atoms with van der Waals surface area (Å²) in [5.74, 6) is -0.726. The smallest absolute Gasteiger partial charge is 0.309 e. The van der Waals surface area contributed by atoms with Crippen LogP contribution in [0.15, 0.2) is 18.5 Å². The van der Waals surface area contributed by atoms with E-state index in [0.29, 0.717) is 25.8 Å². The van der Waals surface area contributed by atoms with Gasteiger partial charge in [-0.25, -0.2) is 0 Å². The molecule has 1 aromatic heterocycles. The van der Waals surface area contributed by atoms with Crippen molar-refractivity contribution in [1.29, 1.82) is 0 Å². The Morgan fingerprint density at radius 1 is 1.67 bits per heavy atom. The van der Waals surface area contributed by atoms with Gasteiger partial charge < -0.3 is 10.8 Å². The number of carbonyl (C=O) groups is 1. The maximum Gasteiger partial charge on any atom is 0.309 e. The number of hydrogen-bond donors (Lipinski definition) is 2. The molecule has 1 aliphatic rings. The maximum atomic E-state index is 11.1. The molecule has 1 aliphatic carbocycles. The molecule has 0 aromatic carbocycles. The first kappa shape index (κ1) is 10.2. The van der Waals surface area contributed by atoms with Crippen molar-refractivity contribution in [3.8, 4) is 0 Å². The van der Waals surface area contributed by atoms with Gasteiger partial charge in [0.1, 0.15) is 0 Å². The summed E-state index contributed by atoms with van der Waals surface area (Å²) in [5, 5.41) is 13.2. The van der Waals surface area contributed by atoms with Crippen molar-refractivity contribution in [2.45, 2.75) is 31.8 Å². The monoisotopic (exact) mass is 209 g/mol. The van der Waals surface area contributed by atoms with Crippen LogP contribution in [0.4, 0.5) is 0 Å². The van der Waals surface area contributed by atoms with Crippen molar-refractivity contribution < 1.29 is 9.90 Å². The van der Waals surface area contributed by atoms with E-state index < -0.39 is 11.4 Å². The van der Waals surface area contributed by atoms with Crippen LogP contribution in [0.25, 0.3) is 0 Å². The Hall–Kier alpha value is -1.36. The van der Waals surface area contributed by atoms with Crippen LogP contribution in [0.3, 0.4) is 0 Å². The molecule has 0 spiro atoms. The van der Waals surface area contributed by atoms with Gasteiger partial charge in [0.15, 0.2) is 0 Å². The first-order valence-electron chi connectivity index (χ1n) is 5.09. The van der Waals surface area contributed by atoms with E-state index in [4.69, 9.17) is 10.8 Å². The molecule has 2 rings (SSSR count). The lowest BCUT2D eigenvalue weighted by Gasteiger charge is -2.42. The predicted molar refractivity (Wildman–Crippen MR) is 54.1 cm³/mol. The number of nitrogens with two attached hydrogens (primary N) is 1. The number of aliphatic carboxylic acids is 1. The van der Waals surface area contributed by atoms with E-state index >= 15 is 0 Å². The van der Waals surface area contributed by atoms with Crippen LogP contribution in [-0.4, -0.2) is 26.9 Å². The van der Waals surface area contributed by atoms with Crippen LogP contribution in [-0.2, 0) is 11.3 Å². The number of rotatable bonds is 4. The zero-order valence-corrected chi connectivity index (χ0v) is 8.47. The summed E-state index contributed by atoms with van der Waals surface area (Å²) in [4.78, 5) is 11.1. The largest absolute Gasteiger partial charge is 0.481 e. The average Bonchev–Trinajstić information content (AvgIpc) is 2.62. The molecule has 0 amide bonds. The molecule has 0 atom stereocenters. The van der Waals surface area contributed by atoms with Gasteiger partial charge in [-0.3, -0.25) is 9.48 Å². The minimum atomic E-state index is -0.726. The minimum absolute atomic E-state index is 0.0544. The van der Waals surface area contributed by atoms with Gasteiger partial charge in [-0.15, -0.1) is 0 Å². The molecular weight excluding hydrogens is 194 g/mol. The van der Waals surface area contributed by atoms with E-state index in [2.05, 4.69) is 5.10 Å². The van der Waals surface area contributed by atoms with Gasteiger partial charge >= 0.3 is 5.97 Å². The van der Waals surface area contributed by atoms with Crippen molar-refractivity contribution in [2.75, 3.05) is 0 Å². The quantitative estimate of drug-likeness (QED) is 0.755. The topological polar surface area (TPSA) is 81.1 Å². The Bertz CT molecular complexity index is 342. The summed E-state index contributed by atoms with van der Waals surface area (Å²) in [6, 6.07) is 1.89. The summed E-state index contributed by atoms with van der Waals surface area (Å²) in [6.07, 6.45) is 5.32. The van der Waals surface area contributed by atoms with Crippen molar-refractivity contribution in [3.63, 3.8) is 0 Å². The van der Waals surface area contributed by atoms with Crippen LogP contribution in [0.5, 0.6) is 0 Å². The van der Waals surface area contributed by atoms with Gasteiger partial charge in [-0.05, 0) is 25.3 Å². The van der Waals surface area contributed by atoms with Crippen molar-refractivity contribution in [2.24, 2.45) is 11.1 Å². The third-order valence-corrected chi connectivity index (χ3v) is 3.14. The standard InChI is InChI=1S/C10H15N3O2/c11-8-6-10(7-8,9(14)15)2-5-13-4-1-3-12-13/h1,3-4,8H,2,5-7,11H2,(H,14,15). The van der Waals surface area contributed by atoms with E-state index in [1.165, 1.54) is 0 Å². The fraction of sp³-hybridized carbons (Fsp3) is 0.600. The van der Waals surface area contributed by atoms with Crippen LogP contribution < -0.4 is 5.73 Å². The normalized spacial score (nSPS) is 29.8. The van der Waals surface area contributed by atoms with Crippen molar-refractivity contribution in [1.82, 2.24) is 9.78 Å². The highest BCUT2D eigenvalue weighted by Crippen LogP contribution is 2.43. The van der Waals surface area contributed by atoms with Crippen LogP contribution in [0.2, 0.25) is 0 Å². The van der Waals surface area contributed by atoms with E-state index in [-0.39, 0.29) is 6.04 Å². The maximum absolute atomic E-state index is 11.1. The summed E-state index contributed by atoms with van der Waals surface area (Å²) in [5.41, 5.74) is 5.05. The lowest BCUT2D eigenvalue weighted by atomic mass is 9.64. The molecule has 5 heteroatoms. The molecule has 3 N–H and O–H groups in total. The highest BCUT2D eigenvalue weighted by atomic mass is 16.4. The lowest BCUT2D eigenvalue weighted by molar-refractivity contribution is -0.156. The molecule has 82 valence electrons. The van der Waals surface area contributed by atoms with Crippen LogP contribution in [0.1, 0.15) is 19.3 Å². The Balaban J connectivity index is 1.94. The summed E-state index contributed by atoms with van der Waals surface area (Å²) >= 11 is 0. The fourth-order valence-corrected chi connectivity index (χ4v) is 2.19. The Morgan fingerprint density at radius 2 is 2.40 bits per heavy atom. The highest BCUT2D eigenvalue weighted by molar-refractivity contribution is 5.76. The molecule has 0 saturated heterocycles. The molecule has 1 fully saturated rings. The molecule has 0 radical (unpaired) electrons. The van der Waals surface area contributed by atoms with E-state index in [0.717, 1.165) is 0 Å². The average molecular weight is 209 g/mol. The van der Waals surface area contributed by atoms with Gasteiger partial charge in [-0.2, -0.15) is 5.10 Å². The number of aromatic nitrogens is 2. The third kappa shape index (κ3) is 1.87. The summed E-state index contributed by atoms with van der Waals surface area (Å²) < 4.78 is 1.76. The number of carboxylic acid groups (broad SMARTS) is 1. The first-order chi connectivity index (χ1) is 7.12. The van der Waals surface area contributed by atoms with Crippen LogP contribution >= 0.6 is 0 Å². The molecule has 1 saturated carbocycles. The Kier molecular flexibility index (Phi) is 2.48. The SMILES string of the molecule is NC1CC(CCn2cccn2)(C(=O)O)C1. The summed E-state index contributed by atoms with van der Waals surface area (Å²) in [6.45, 7) is 0.645. The number of carboxylic acids is 1. The second-order valence-electron chi connectivity index (χ2n) is 4.27. The van der Waals surface area contributed by atoms with Gasteiger partial charge in [0, 0.05) is 25.0 Å². The molecule has 5 nitrogen and oxygen atoms in total. The van der Waals surface area contributed by atoms with E-state index in [1.54, 1.807) is 10.9 Å². The van der Waals surface area contributed by atoms with E-state index in [1.807, 2.05) is 12.3 Å². The zero-order valence-electron chi connectivity index (χ0n) is 8.47. The Morgan fingerprint density at radius 3 is 2.87 bits per heavy atom. The van der Waals surface area contributed by atoms with Crippen LogP contribution in [0, 0.1) is 5.41 Å². The summed E-state index contributed by atoms with van der Waals surface area (Å²) in [7, 11) is 0. The first-order valence-corrected chi connectivity index (χ1v) is 5.09. The van der Waals surface area contributed by atoms with Crippen molar-refractivity contribution in [3.05, 3.63) is 18.5 Å². The molecule has 0 aliphatic heterocycles. The lowest BCUT2D eigenvalue weighted by Crippen LogP contribution is -2.51. The molecule has 0 unspecified atom stereocenters.